The summed E-state index contributed by atoms with van der Waals surface area (Å²) in [5.74, 6) is 0.845. The molecule has 0 saturated carbocycles. The Morgan fingerprint density at radius 1 is 1.33 bits per heavy atom. The quantitative estimate of drug-likeness (QED) is 0.895. The van der Waals surface area contributed by atoms with Crippen LogP contribution in [-0.4, -0.2) is 40.6 Å². The van der Waals surface area contributed by atoms with Crippen molar-refractivity contribution in [3.63, 3.8) is 0 Å². The maximum atomic E-state index is 11.4. The van der Waals surface area contributed by atoms with Gasteiger partial charge < -0.3 is 9.67 Å². The zero-order valence-corrected chi connectivity index (χ0v) is 12.7. The van der Waals surface area contributed by atoms with Crippen molar-refractivity contribution >= 4 is 15.8 Å². The minimum absolute atomic E-state index is 0.284. The fourth-order valence-corrected chi connectivity index (χ4v) is 4.83. The van der Waals surface area contributed by atoms with Crippen molar-refractivity contribution in [1.29, 1.82) is 0 Å². The summed E-state index contributed by atoms with van der Waals surface area (Å²) in [7, 11) is -2.82. The van der Waals surface area contributed by atoms with Crippen LogP contribution < -0.4 is 0 Å². The molecule has 3 heterocycles. The van der Waals surface area contributed by atoms with Crippen molar-refractivity contribution in [2.45, 2.75) is 38.6 Å². The van der Waals surface area contributed by atoms with Crippen LogP contribution in [0.15, 0.2) is 6.20 Å². The number of aliphatic carboxylic acids is 1. The van der Waals surface area contributed by atoms with Gasteiger partial charge in [-0.3, -0.25) is 4.79 Å². The van der Waals surface area contributed by atoms with Crippen LogP contribution in [0.2, 0.25) is 0 Å². The van der Waals surface area contributed by atoms with Gasteiger partial charge in [-0.2, -0.15) is 0 Å². The lowest BCUT2D eigenvalue weighted by molar-refractivity contribution is -0.142. The van der Waals surface area contributed by atoms with Gasteiger partial charge in [0.05, 0.1) is 23.1 Å². The van der Waals surface area contributed by atoms with Crippen molar-refractivity contribution in [3.05, 3.63) is 17.7 Å². The summed E-state index contributed by atoms with van der Waals surface area (Å²) in [5.41, 5.74) is 0.973. The molecule has 0 spiro atoms. The number of aromatic nitrogens is 2. The summed E-state index contributed by atoms with van der Waals surface area (Å²) >= 11 is 0. The Morgan fingerprint density at radius 3 is 2.71 bits per heavy atom. The van der Waals surface area contributed by atoms with Crippen molar-refractivity contribution in [3.8, 4) is 0 Å². The van der Waals surface area contributed by atoms with Crippen molar-refractivity contribution in [2.24, 2.45) is 11.8 Å². The lowest BCUT2D eigenvalue weighted by Gasteiger charge is -2.20. The number of carboxylic acid groups (broad SMARTS) is 1. The van der Waals surface area contributed by atoms with E-state index in [1.165, 1.54) is 0 Å². The van der Waals surface area contributed by atoms with Crippen LogP contribution in [0.3, 0.4) is 0 Å². The zero-order chi connectivity index (χ0) is 15.0. The van der Waals surface area contributed by atoms with Gasteiger partial charge in [0, 0.05) is 19.2 Å². The number of nitrogens with zero attached hydrogens (tertiary/aromatic N) is 2. The Labute approximate surface area is 124 Å². The summed E-state index contributed by atoms with van der Waals surface area (Å²) in [6.07, 6.45) is 5.52. The van der Waals surface area contributed by atoms with E-state index in [1.807, 2.05) is 10.8 Å². The molecule has 3 rings (SSSR count). The number of carboxylic acids is 1. The number of rotatable bonds is 3. The van der Waals surface area contributed by atoms with E-state index < -0.39 is 15.8 Å². The Hall–Kier alpha value is -1.37. The summed E-state index contributed by atoms with van der Waals surface area (Å²) < 4.78 is 24.8. The largest absolute Gasteiger partial charge is 0.481 e. The van der Waals surface area contributed by atoms with Crippen molar-refractivity contribution in [1.82, 2.24) is 9.55 Å². The highest BCUT2D eigenvalue weighted by Crippen LogP contribution is 2.25. The average Bonchev–Trinajstić information content (AvgIpc) is 2.82. The van der Waals surface area contributed by atoms with Gasteiger partial charge in [0.1, 0.15) is 15.7 Å². The molecule has 0 aromatic carbocycles. The molecule has 1 fully saturated rings. The van der Waals surface area contributed by atoms with Crippen LogP contribution >= 0.6 is 0 Å². The van der Waals surface area contributed by atoms with Crippen LogP contribution in [0.1, 0.15) is 30.8 Å². The van der Waals surface area contributed by atoms with Crippen LogP contribution in [-0.2, 0) is 34.0 Å². The predicted molar refractivity (Wildman–Crippen MR) is 76.8 cm³/mol. The molecular weight excluding hydrogens is 292 g/mol. The van der Waals surface area contributed by atoms with E-state index in [4.69, 9.17) is 5.11 Å². The summed E-state index contributed by atoms with van der Waals surface area (Å²) in [4.78, 5) is 15.7. The van der Waals surface area contributed by atoms with E-state index in [1.54, 1.807) is 0 Å². The Kier molecular flexibility index (Phi) is 3.77. The first-order valence-electron chi connectivity index (χ1n) is 7.41. The minimum Gasteiger partial charge on any atom is -0.481 e. The van der Waals surface area contributed by atoms with Gasteiger partial charge >= 0.3 is 5.97 Å². The summed E-state index contributed by atoms with van der Waals surface area (Å²) in [6.45, 7) is 0.497. The molecule has 6 nitrogen and oxygen atoms in total. The molecule has 1 aromatic rings. The zero-order valence-electron chi connectivity index (χ0n) is 11.9. The number of sulfone groups is 1. The molecule has 2 aliphatic rings. The number of fused-ring (bicyclic) bond motifs is 1. The monoisotopic (exact) mass is 312 g/mol. The number of imidazole rings is 1. The lowest BCUT2D eigenvalue weighted by Crippen LogP contribution is -2.26. The standard InChI is InChI=1S/C14H20N2O4S/c17-14(18)11-1-2-13-15-12(9-16(13)8-11)7-10-3-5-21(19,20)6-4-10/h9-11H,1-8H2,(H,17,18). The smallest absolute Gasteiger partial charge is 0.308 e. The minimum atomic E-state index is -2.82. The third kappa shape index (κ3) is 3.28. The maximum absolute atomic E-state index is 11.4. The van der Waals surface area contributed by atoms with Gasteiger partial charge in [0.2, 0.25) is 0 Å². The van der Waals surface area contributed by atoms with Gasteiger partial charge in [-0.15, -0.1) is 0 Å². The van der Waals surface area contributed by atoms with Crippen LogP contribution in [0.5, 0.6) is 0 Å². The van der Waals surface area contributed by atoms with E-state index in [0.717, 1.165) is 17.9 Å². The second-order valence-corrected chi connectivity index (χ2v) is 8.48. The van der Waals surface area contributed by atoms with E-state index in [9.17, 15) is 13.2 Å². The van der Waals surface area contributed by atoms with Crippen LogP contribution in [0.25, 0.3) is 0 Å². The van der Waals surface area contributed by atoms with Gasteiger partial charge in [-0.1, -0.05) is 0 Å². The van der Waals surface area contributed by atoms with Gasteiger partial charge in [0.15, 0.2) is 0 Å². The molecule has 0 aliphatic carbocycles. The van der Waals surface area contributed by atoms with Crippen molar-refractivity contribution in [2.75, 3.05) is 11.5 Å². The molecular formula is C14H20N2O4S. The molecule has 2 aliphatic heterocycles. The average molecular weight is 312 g/mol. The third-order valence-electron chi connectivity index (χ3n) is 4.56. The molecule has 1 saturated heterocycles. The van der Waals surface area contributed by atoms with Gasteiger partial charge in [-0.05, 0) is 31.6 Å². The first kappa shape index (κ1) is 14.6. The Morgan fingerprint density at radius 2 is 2.05 bits per heavy atom. The molecule has 0 amide bonds. The van der Waals surface area contributed by atoms with E-state index >= 15 is 0 Å². The normalized spacial score (nSPS) is 25.4. The first-order chi connectivity index (χ1) is 9.93. The topological polar surface area (TPSA) is 89.3 Å². The molecule has 0 radical (unpaired) electrons. The number of carbonyl (C=O) groups is 1. The molecule has 116 valence electrons. The predicted octanol–water partition coefficient (Wildman–Crippen LogP) is 0.897. The Balaban J connectivity index is 1.65. The van der Waals surface area contributed by atoms with Crippen LogP contribution in [0, 0.1) is 11.8 Å². The number of aryl methyl sites for hydroxylation is 1. The maximum Gasteiger partial charge on any atom is 0.308 e. The molecule has 1 aromatic heterocycles. The fraction of sp³-hybridized carbons (Fsp3) is 0.714. The van der Waals surface area contributed by atoms with E-state index in [0.29, 0.717) is 38.1 Å². The summed E-state index contributed by atoms with van der Waals surface area (Å²) in [6, 6.07) is 0. The fourth-order valence-electron chi connectivity index (χ4n) is 3.24. The second kappa shape index (κ2) is 5.44. The molecule has 21 heavy (non-hydrogen) atoms. The Bertz CT molecular complexity index is 636. The third-order valence-corrected chi connectivity index (χ3v) is 6.28. The summed E-state index contributed by atoms with van der Waals surface area (Å²) in [5, 5.41) is 9.09. The lowest BCUT2D eigenvalue weighted by atomic mass is 9.97. The van der Waals surface area contributed by atoms with E-state index in [2.05, 4.69) is 4.98 Å². The highest BCUT2D eigenvalue weighted by Gasteiger charge is 2.27. The van der Waals surface area contributed by atoms with Crippen LogP contribution in [0.4, 0.5) is 0 Å². The van der Waals surface area contributed by atoms with Crippen molar-refractivity contribution < 1.29 is 18.3 Å². The molecule has 7 heteroatoms. The molecule has 1 atom stereocenters. The SMILES string of the molecule is O=C(O)C1CCc2nc(CC3CCS(=O)(=O)CC3)cn2C1. The molecule has 0 bridgehead atoms. The second-order valence-electron chi connectivity index (χ2n) is 6.17. The molecule has 1 N–H and O–H groups in total. The van der Waals surface area contributed by atoms with Gasteiger partial charge in [0.25, 0.3) is 0 Å². The first-order valence-corrected chi connectivity index (χ1v) is 9.23. The highest BCUT2D eigenvalue weighted by atomic mass is 32.2. The van der Waals surface area contributed by atoms with Gasteiger partial charge in [-0.25, -0.2) is 13.4 Å². The number of hydrogen-bond acceptors (Lipinski definition) is 4. The molecule has 1 unspecified atom stereocenters. The highest BCUT2D eigenvalue weighted by molar-refractivity contribution is 7.91. The van der Waals surface area contributed by atoms with E-state index in [-0.39, 0.29) is 17.4 Å². The number of hydrogen-bond donors (Lipinski definition) is 1.